The zero-order valence-electron chi connectivity index (χ0n) is 18.5. The molecule has 0 aliphatic carbocycles. The molecular formula is C27H20Cl2N4O. The van der Waals surface area contributed by atoms with Crippen molar-refractivity contribution in [1.82, 2.24) is 19.3 Å². The summed E-state index contributed by atoms with van der Waals surface area (Å²) in [6, 6.07) is 22.8. The molecule has 0 saturated heterocycles. The Morgan fingerprint density at radius 3 is 2.12 bits per heavy atom. The Labute approximate surface area is 207 Å². The average molecular weight is 487 g/mol. The molecule has 5 nitrogen and oxygen atoms in total. The lowest BCUT2D eigenvalue weighted by atomic mass is 10.0. The van der Waals surface area contributed by atoms with Crippen LogP contribution in [0.5, 0.6) is 0 Å². The highest BCUT2D eigenvalue weighted by Crippen LogP contribution is 2.34. The molecule has 2 heterocycles. The summed E-state index contributed by atoms with van der Waals surface area (Å²) in [7, 11) is 3.48. The first-order valence-electron chi connectivity index (χ1n) is 10.6. The van der Waals surface area contributed by atoms with Gasteiger partial charge in [-0.2, -0.15) is 0 Å². The number of imidazole rings is 1. The van der Waals surface area contributed by atoms with Crippen LogP contribution in [0.3, 0.4) is 0 Å². The predicted octanol–water partition coefficient (Wildman–Crippen LogP) is 6.74. The van der Waals surface area contributed by atoms with E-state index in [9.17, 15) is 4.79 Å². The van der Waals surface area contributed by atoms with Crippen LogP contribution in [0.15, 0.2) is 85.2 Å². The molecule has 0 unspecified atom stereocenters. The van der Waals surface area contributed by atoms with Crippen molar-refractivity contribution >= 4 is 34.9 Å². The van der Waals surface area contributed by atoms with Crippen LogP contribution in [-0.4, -0.2) is 39.3 Å². The van der Waals surface area contributed by atoms with E-state index in [4.69, 9.17) is 28.2 Å². The number of halogens is 2. The van der Waals surface area contributed by atoms with Crippen molar-refractivity contribution in [3.63, 3.8) is 0 Å². The number of nitrogens with zero attached hydrogens (tertiary/aromatic N) is 4. The summed E-state index contributed by atoms with van der Waals surface area (Å²) in [6.45, 7) is 0. The SMILES string of the molecule is CN(C)C(=O)c1cccc(-c2cnc3nc(-c4ccc(Cl)cc4)c(-c4ccc(Cl)cc4)n3c2)c1. The summed E-state index contributed by atoms with van der Waals surface area (Å²) in [5.41, 5.74) is 5.96. The summed E-state index contributed by atoms with van der Waals surface area (Å²) >= 11 is 12.3. The first-order chi connectivity index (χ1) is 16.4. The van der Waals surface area contributed by atoms with Gasteiger partial charge in [0.2, 0.25) is 5.78 Å². The Kier molecular flexibility index (Phi) is 5.82. The molecule has 0 bridgehead atoms. The number of hydrogen-bond acceptors (Lipinski definition) is 3. The lowest BCUT2D eigenvalue weighted by Gasteiger charge is -2.11. The zero-order chi connectivity index (χ0) is 23.8. The van der Waals surface area contributed by atoms with Crippen molar-refractivity contribution in [3.05, 3.63) is 101 Å². The van der Waals surface area contributed by atoms with Gasteiger partial charge in [0.15, 0.2) is 0 Å². The van der Waals surface area contributed by atoms with E-state index >= 15 is 0 Å². The van der Waals surface area contributed by atoms with Crippen molar-refractivity contribution < 1.29 is 4.79 Å². The van der Waals surface area contributed by atoms with Crippen LogP contribution in [0.2, 0.25) is 10.0 Å². The topological polar surface area (TPSA) is 50.5 Å². The molecule has 0 saturated carbocycles. The summed E-state index contributed by atoms with van der Waals surface area (Å²) in [5.74, 6) is 0.518. The maximum absolute atomic E-state index is 12.5. The molecule has 7 heteroatoms. The van der Waals surface area contributed by atoms with Gasteiger partial charge in [-0.25, -0.2) is 9.97 Å². The molecule has 0 aliphatic heterocycles. The number of carbonyl (C=O) groups excluding carboxylic acids is 1. The smallest absolute Gasteiger partial charge is 0.253 e. The number of amides is 1. The summed E-state index contributed by atoms with van der Waals surface area (Å²) in [5, 5.41) is 1.32. The van der Waals surface area contributed by atoms with Crippen molar-refractivity contribution in [2.45, 2.75) is 0 Å². The highest BCUT2D eigenvalue weighted by molar-refractivity contribution is 6.31. The lowest BCUT2D eigenvalue weighted by molar-refractivity contribution is 0.0827. The second-order valence-electron chi connectivity index (χ2n) is 8.12. The van der Waals surface area contributed by atoms with Gasteiger partial charge in [-0.3, -0.25) is 9.20 Å². The largest absolute Gasteiger partial charge is 0.345 e. The summed E-state index contributed by atoms with van der Waals surface area (Å²) < 4.78 is 1.98. The lowest BCUT2D eigenvalue weighted by Crippen LogP contribution is -2.21. The molecule has 168 valence electrons. The molecule has 0 spiro atoms. The Bertz CT molecular complexity index is 1510. The molecule has 0 aliphatic rings. The highest BCUT2D eigenvalue weighted by atomic mass is 35.5. The van der Waals surface area contributed by atoms with Crippen molar-refractivity contribution in [2.75, 3.05) is 14.1 Å². The number of fused-ring (bicyclic) bond motifs is 1. The van der Waals surface area contributed by atoms with Crippen LogP contribution in [0.25, 0.3) is 39.4 Å². The maximum atomic E-state index is 12.5. The van der Waals surface area contributed by atoms with Crippen LogP contribution in [0.1, 0.15) is 10.4 Å². The van der Waals surface area contributed by atoms with E-state index in [0.717, 1.165) is 33.6 Å². The van der Waals surface area contributed by atoms with Crippen molar-refractivity contribution in [1.29, 1.82) is 0 Å². The van der Waals surface area contributed by atoms with Gasteiger partial charge in [-0.15, -0.1) is 0 Å². The van der Waals surface area contributed by atoms with Gasteiger partial charge in [0.25, 0.3) is 5.91 Å². The molecule has 0 fully saturated rings. The first kappa shape index (κ1) is 22.1. The van der Waals surface area contributed by atoms with E-state index in [1.807, 2.05) is 83.4 Å². The highest BCUT2D eigenvalue weighted by Gasteiger charge is 2.18. The molecule has 34 heavy (non-hydrogen) atoms. The van der Waals surface area contributed by atoms with Crippen molar-refractivity contribution in [3.8, 4) is 33.6 Å². The summed E-state index contributed by atoms with van der Waals surface area (Å²) in [6.07, 6.45) is 3.77. The minimum Gasteiger partial charge on any atom is -0.345 e. The van der Waals surface area contributed by atoms with Gasteiger partial charge < -0.3 is 4.90 Å². The van der Waals surface area contributed by atoms with Crippen LogP contribution in [-0.2, 0) is 0 Å². The number of hydrogen-bond donors (Lipinski definition) is 0. The Balaban J connectivity index is 1.71. The van der Waals surface area contributed by atoms with Gasteiger partial charge in [-0.05, 0) is 42.0 Å². The molecular weight excluding hydrogens is 467 g/mol. The molecule has 3 aromatic carbocycles. The van der Waals surface area contributed by atoms with E-state index in [2.05, 4.69) is 4.98 Å². The van der Waals surface area contributed by atoms with Crippen LogP contribution >= 0.6 is 23.2 Å². The zero-order valence-corrected chi connectivity index (χ0v) is 20.0. The normalized spacial score (nSPS) is 11.1. The minimum absolute atomic E-state index is 0.0506. The third-order valence-electron chi connectivity index (χ3n) is 5.56. The molecule has 5 rings (SSSR count). The first-order valence-corrected chi connectivity index (χ1v) is 11.4. The Morgan fingerprint density at radius 2 is 1.47 bits per heavy atom. The fourth-order valence-corrected chi connectivity index (χ4v) is 4.12. The molecule has 0 radical (unpaired) electrons. The van der Waals surface area contributed by atoms with Gasteiger partial charge in [0.05, 0.1) is 11.4 Å². The Morgan fingerprint density at radius 1 is 0.824 bits per heavy atom. The quantitative estimate of drug-likeness (QED) is 0.282. The Hall–Kier alpha value is -3.67. The molecule has 0 N–H and O–H groups in total. The molecule has 0 atom stereocenters. The van der Waals surface area contributed by atoms with E-state index in [-0.39, 0.29) is 5.91 Å². The van der Waals surface area contributed by atoms with E-state index in [1.165, 1.54) is 0 Å². The van der Waals surface area contributed by atoms with Crippen LogP contribution < -0.4 is 0 Å². The third-order valence-corrected chi connectivity index (χ3v) is 6.07. The van der Waals surface area contributed by atoms with Gasteiger partial charge in [-0.1, -0.05) is 59.6 Å². The second kappa shape index (κ2) is 8.93. The molecule has 1 amide bonds. The van der Waals surface area contributed by atoms with Crippen molar-refractivity contribution in [2.24, 2.45) is 0 Å². The fourth-order valence-electron chi connectivity index (χ4n) is 3.87. The number of carbonyl (C=O) groups is 1. The molecule has 5 aromatic rings. The number of aromatic nitrogens is 3. The van der Waals surface area contributed by atoms with E-state index < -0.39 is 0 Å². The van der Waals surface area contributed by atoms with Gasteiger partial charge in [0, 0.05) is 58.8 Å². The summed E-state index contributed by atoms with van der Waals surface area (Å²) in [4.78, 5) is 23.5. The van der Waals surface area contributed by atoms with Crippen LogP contribution in [0, 0.1) is 0 Å². The average Bonchev–Trinajstić information content (AvgIpc) is 3.23. The maximum Gasteiger partial charge on any atom is 0.253 e. The minimum atomic E-state index is -0.0506. The van der Waals surface area contributed by atoms with Gasteiger partial charge >= 0.3 is 0 Å². The third kappa shape index (κ3) is 4.16. The van der Waals surface area contributed by atoms with E-state index in [0.29, 0.717) is 21.4 Å². The number of rotatable bonds is 4. The number of benzene rings is 3. The standard InChI is InChI=1S/C27H20Cl2N4O/c1-32(2)26(34)20-5-3-4-19(14-20)21-15-30-27-31-24(17-6-10-22(28)11-7-17)25(33(27)16-21)18-8-12-23(29)13-9-18/h3-16H,1-2H3. The van der Waals surface area contributed by atoms with Gasteiger partial charge in [0.1, 0.15) is 0 Å². The van der Waals surface area contributed by atoms with E-state index in [1.54, 1.807) is 25.2 Å². The van der Waals surface area contributed by atoms with Crippen LogP contribution in [0.4, 0.5) is 0 Å². The second-order valence-corrected chi connectivity index (χ2v) is 8.99. The predicted molar refractivity (Wildman–Crippen MR) is 137 cm³/mol. The molecule has 2 aromatic heterocycles. The fraction of sp³-hybridized carbons (Fsp3) is 0.0741. The monoisotopic (exact) mass is 486 g/mol.